The Morgan fingerprint density at radius 3 is 2.52 bits per heavy atom. The molecule has 27 heavy (non-hydrogen) atoms. The van der Waals surface area contributed by atoms with Crippen LogP contribution in [0.15, 0.2) is 36.5 Å². The number of unbranched alkanes of at least 4 members (excludes halogenated alkanes) is 2. The van der Waals surface area contributed by atoms with Gasteiger partial charge >= 0.3 is 0 Å². The van der Waals surface area contributed by atoms with Crippen molar-refractivity contribution < 1.29 is 4.79 Å². The van der Waals surface area contributed by atoms with E-state index in [1.54, 1.807) is 12.3 Å². The molecule has 0 atom stereocenters. The summed E-state index contributed by atoms with van der Waals surface area (Å²) in [7, 11) is 0. The third-order valence-corrected chi connectivity index (χ3v) is 4.68. The van der Waals surface area contributed by atoms with Crippen LogP contribution < -0.4 is 15.5 Å². The van der Waals surface area contributed by atoms with E-state index in [1.165, 1.54) is 11.3 Å². The molecule has 0 saturated heterocycles. The molecular weight excluding hydrogens is 336 g/mol. The van der Waals surface area contributed by atoms with E-state index in [0.717, 1.165) is 43.7 Å². The van der Waals surface area contributed by atoms with Crippen molar-refractivity contribution in [2.24, 2.45) is 0 Å². The Labute approximate surface area is 163 Å². The molecule has 5 heteroatoms. The molecule has 1 aromatic carbocycles. The number of nitrogens with one attached hydrogen (secondary N) is 2. The van der Waals surface area contributed by atoms with Gasteiger partial charge in [0.15, 0.2) is 0 Å². The Balaban J connectivity index is 2.06. The molecule has 146 valence electrons. The first kappa shape index (κ1) is 20.7. The van der Waals surface area contributed by atoms with Crippen molar-refractivity contribution in [2.75, 3.05) is 29.9 Å². The van der Waals surface area contributed by atoms with Gasteiger partial charge in [0.1, 0.15) is 5.69 Å². The quantitative estimate of drug-likeness (QED) is 0.586. The maximum Gasteiger partial charge on any atom is 0.269 e. The first-order valence-corrected chi connectivity index (χ1v) is 9.95. The van der Waals surface area contributed by atoms with Crippen LogP contribution in [-0.4, -0.2) is 30.5 Å². The molecule has 1 heterocycles. The maximum absolute atomic E-state index is 12.3. The molecule has 0 aliphatic rings. The highest BCUT2D eigenvalue weighted by Crippen LogP contribution is 2.25. The lowest BCUT2D eigenvalue weighted by atomic mass is 10.1. The second kappa shape index (κ2) is 10.6. The topological polar surface area (TPSA) is 57.3 Å². The van der Waals surface area contributed by atoms with Gasteiger partial charge in [-0.3, -0.25) is 9.78 Å². The number of carbonyl (C=O) groups excluding carboxylic acids is 1. The minimum absolute atomic E-state index is 0.122. The zero-order valence-corrected chi connectivity index (χ0v) is 17.0. The summed E-state index contributed by atoms with van der Waals surface area (Å²) < 4.78 is 0. The molecule has 2 rings (SSSR count). The van der Waals surface area contributed by atoms with Gasteiger partial charge in [0.25, 0.3) is 5.91 Å². The molecule has 0 spiro atoms. The highest BCUT2D eigenvalue weighted by Gasteiger charge is 2.09. The minimum atomic E-state index is -0.122. The molecule has 2 aromatic rings. The third-order valence-electron chi connectivity index (χ3n) is 4.68. The molecule has 1 amide bonds. The molecule has 5 nitrogen and oxygen atoms in total. The van der Waals surface area contributed by atoms with Gasteiger partial charge in [-0.1, -0.05) is 19.8 Å². The highest BCUT2D eigenvalue weighted by molar-refractivity contribution is 5.93. The highest BCUT2D eigenvalue weighted by atomic mass is 16.1. The molecule has 0 bridgehead atoms. The molecule has 0 saturated carbocycles. The van der Waals surface area contributed by atoms with Crippen LogP contribution in [0.2, 0.25) is 0 Å². The second-order valence-corrected chi connectivity index (χ2v) is 6.69. The zero-order chi connectivity index (χ0) is 19.6. The number of hydrogen-bond donors (Lipinski definition) is 2. The third kappa shape index (κ3) is 5.98. The van der Waals surface area contributed by atoms with Crippen molar-refractivity contribution in [3.63, 3.8) is 0 Å². The Morgan fingerprint density at radius 1 is 1.07 bits per heavy atom. The van der Waals surface area contributed by atoms with E-state index in [4.69, 9.17) is 0 Å². The number of rotatable bonds is 10. The number of carbonyl (C=O) groups is 1. The van der Waals surface area contributed by atoms with Crippen LogP contribution in [0.4, 0.5) is 17.1 Å². The van der Waals surface area contributed by atoms with Gasteiger partial charge in [0.2, 0.25) is 0 Å². The van der Waals surface area contributed by atoms with E-state index in [2.05, 4.69) is 66.4 Å². The van der Waals surface area contributed by atoms with Crippen molar-refractivity contribution in [1.29, 1.82) is 0 Å². The number of aryl methyl sites for hydroxylation is 1. The SMILES string of the molecule is CCCCCNC(=O)c1cc(Nc2ccc(N(CC)CC)cc2C)ccn1. The fourth-order valence-corrected chi connectivity index (χ4v) is 3.03. The first-order chi connectivity index (χ1) is 13.1. The molecule has 0 fully saturated rings. The summed E-state index contributed by atoms with van der Waals surface area (Å²) in [4.78, 5) is 18.8. The summed E-state index contributed by atoms with van der Waals surface area (Å²) in [6.45, 7) is 11.2. The van der Waals surface area contributed by atoms with E-state index in [0.29, 0.717) is 12.2 Å². The molecule has 0 unspecified atom stereocenters. The van der Waals surface area contributed by atoms with Crippen molar-refractivity contribution in [3.05, 3.63) is 47.8 Å². The van der Waals surface area contributed by atoms with Gasteiger partial charge in [0, 0.05) is 42.9 Å². The van der Waals surface area contributed by atoms with Crippen molar-refractivity contribution in [3.8, 4) is 0 Å². The Morgan fingerprint density at radius 2 is 1.85 bits per heavy atom. The van der Waals surface area contributed by atoms with E-state index in [9.17, 15) is 4.79 Å². The van der Waals surface area contributed by atoms with Gasteiger partial charge in [-0.15, -0.1) is 0 Å². The van der Waals surface area contributed by atoms with Gasteiger partial charge in [-0.05, 0) is 63.1 Å². The fourth-order valence-electron chi connectivity index (χ4n) is 3.03. The number of amides is 1. The predicted octanol–water partition coefficient (Wildman–Crippen LogP) is 4.90. The summed E-state index contributed by atoms with van der Waals surface area (Å²) in [5.41, 5.74) is 4.73. The largest absolute Gasteiger partial charge is 0.372 e. The average Bonchev–Trinajstić information content (AvgIpc) is 2.68. The first-order valence-electron chi connectivity index (χ1n) is 9.95. The van der Waals surface area contributed by atoms with Crippen molar-refractivity contribution in [2.45, 2.75) is 47.0 Å². The average molecular weight is 369 g/mol. The zero-order valence-electron chi connectivity index (χ0n) is 17.0. The summed E-state index contributed by atoms with van der Waals surface area (Å²) >= 11 is 0. The van der Waals surface area contributed by atoms with Gasteiger partial charge in [-0.25, -0.2) is 0 Å². The number of pyridine rings is 1. The normalized spacial score (nSPS) is 10.5. The lowest BCUT2D eigenvalue weighted by Gasteiger charge is -2.22. The van der Waals surface area contributed by atoms with Crippen LogP contribution in [0.1, 0.15) is 56.1 Å². The molecule has 0 aliphatic heterocycles. The van der Waals surface area contributed by atoms with Crippen molar-refractivity contribution >= 4 is 23.0 Å². The smallest absolute Gasteiger partial charge is 0.269 e. The van der Waals surface area contributed by atoms with E-state index < -0.39 is 0 Å². The van der Waals surface area contributed by atoms with Crippen LogP contribution >= 0.6 is 0 Å². The van der Waals surface area contributed by atoms with E-state index in [-0.39, 0.29) is 5.91 Å². The number of aromatic nitrogens is 1. The lowest BCUT2D eigenvalue weighted by Crippen LogP contribution is -2.25. The van der Waals surface area contributed by atoms with Crippen LogP contribution in [0.25, 0.3) is 0 Å². The molecule has 0 aliphatic carbocycles. The van der Waals surface area contributed by atoms with Gasteiger partial charge < -0.3 is 15.5 Å². The van der Waals surface area contributed by atoms with Gasteiger partial charge in [-0.2, -0.15) is 0 Å². The predicted molar refractivity (Wildman–Crippen MR) is 114 cm³/mol. The number of anilines is 3. The van der Waals surface area contributed by atoms with Gasteiger partial charge in [0.05, 0.1) is 0 Å². The fraction of sp³-hybridized carbons (Fsp3) is 0.455. The second-order valence-electron chi connectivity index (χ2n) is 6.69. The molecule has 1 aromatic heterocycles. The van der Waals surface area contributed by atoms with E-state index >= 15 is 0 Å². The maximum atomic E-state index is 12.3. The van der Waals surface area contributed by atoms with Crippen molar-refractivity contribution in [1.82, 2.24) is 10.3 Å². The summed E-state index contributed by atoms with van der Waals surface area (Å²) in [6.07, 6.45) is 4.93. The Bertz CT molecular complexity index is 741. The number of benzene rings is 1. The van der Waals surface area contributed by atoms with Crippen LogP contribution in [0.5, 0.6) is 0 Å². The molecular formula is C22H32N4O. The monoisotopic (exact) mass is 368 g/mol. The summed E-state index contributed by atoms with van der Waals surface area (Å²) in [5, 5.41) is 6.34. The lowest BCUT2D eigenvalue weighted by molar-refractivity contribution is 0.0948. The number of hydrogen-bond acceptors (Lipinski definition) is 4. The molecule has 0 radical (unpaired) electrons. The molecule has 2 N–H and O–H groups in total. The van der Waals surface area contributed by atoms with E-state index in [1.807, 2.05) is 6.07 Å². The number of nitrogens with zero attached hydrogens (tertiary/aromatic N) is 2. The minimum Gasteiger partial charge on any atom is -0.372 e. The van der Waals surface area contributed by atoms with Crippen LogP contribution in [0, 0.1) is 6.92 Å². The summed E-state index contributed by atoms with van der Waals surface area (Å²) in [5.74, 6) is -0.122. The van der Waals surface area contributed by atoms with Crippen LogP contribution in [0.3, 0.4) is 0 Å². The Hall–Kier alpha value is -2.56. The Kier molecular flexibility index (Phi) is 8.11. The standard InChI is InChI=1S/C22H32N4O/c1-5-8-9-13-24-22(27)21-16-18(12-14-23-21)25-20-11-10-19(15-17(20)4)26(6-2)7-3/h10-12,14-16H,5-9,13H2,1-4H3,(H,23,25)(H,24,27). The van der Waals surface area contributed by atoms with Crippen LogP contribution in [-0.2, 0) is 0 Å². The summed E-state index contributed by atoms with van der Waals surface area (Å²) in [6, 6.07) is 10.1.